The first-order valence-corrected chi connectivity index (χ1v) is 10.0. The molecule has 0 fully saturated rings. The second kappa shape index (κ2) is 6.93. The highest BCUT2D eigenvalue weighted by Crippen LogP contribution is 2.35. The molecule has 1 aliphatic rings. The lowest BCUT2D eigenvalue weighted by Gasteiger charge is -2.13. The van der Waals surface area contributed by atoms with Gasteiger partial charge in [-0.3, -0.25) is 9.59 Å². The number of amides is 1. The monoisotopic (exact) mass is 416 g/mol. The summed E-state index contributed by atoms with van der Waals surface area (Å²) in [6.07, 6.45) is 1.66. The van der Waals surface area contributed by atoms with Crippen LogP contribution in [0.1, 0.15) is 5.56 Å². The third-order valence-electron chi connectivity index (χ3n) is 4.97. The summed E-state index contributed by atoms with van der Waals surface area (Å²) in [5, 5.41) is 4.39. The van der Waals surface area contributed by atoms with E-state index in [-0.39, 0.29) is 11.5 Å². The first kappa shape index (κ1) is 18.3. The Morgan fingerprint density at radius 3 is 2.57 bits per heavy atom. The standard InChI is InChI=1S/C22H16N4O3S/c1-3-12-25-15-10-6-4-8-13(15)17(20(25)27)18-21(28)26-22(30-18)23-19(24-26)14-9-5-7-11-16(14)29-2/h3-11H,1,12H2,2H3/b18-17-. The van der Waals surface area contributed by atoms with E-state index in [2.05, 4.69) is 16.7 Å². The molecule has 0 N–H and O–H groups in total. The molecule has 0 saturated heterocycles. The van der Waals surface area contributed by atoms with Crippen LogP contribution < -0.4 is 19.7 Å². The van der Waals surface area contributed by atoms with Crippen molar-refractivity contribution >= 4 is 33.5 Å². The number of hydrogen-bond acceptors (Lipinski definition) is 6. The summed E-state index contributed by atoms with van der Waals surface area (Å²) >= 11 is 1.16. The number of hydrogen-bond donors (Lipinski definition) is 0. The number of fused-ring (bicyclic) bond motifs is 2. The van der Waals surface area contributed by atoms with E-state index in [1.807, 2.05) is 48.5 Å². The molecule has 7 nitrogen and oxygen atoms in total. The lowest BCUT2D eigenvalue weighted by Crippen LogP contribution is -2.32. The molecule has 0 spiro atoms. The van der Waals surface area contributed by atoms with Gasteiger partial charge < -0.3 is 9.64 Å². The maximum absolute atomic E-state index is 13.2. The Hall–Kier alpha value is -3.78. The number of aromatic nitrogens is 3. The fraction of sp³-hybridized carbons (Fsp3) is 0.0909. The lowest BCUT2D eigenvalue weighted by molar-refractivity contribution is -0.112. The van der Waals surface area contributed by atoms with Crippen molar-refractivity contribution < 1.29 is 9.53 Å². The molecule has 148 valence electrons. The highest BCUT2D eigenvalue weighted by atomic mass is 32.1. The van der Waals surface area contributed by atoms with E-state index in [9.17, 15) is 9.59 Å². The second-order valence-electron chi connectivity index (χ2n) is 6.66. The SMILES string of the molecule is C=CCN1C(=O)/C(=c2\sc3nc(-c4ccccc4OC)nn3c2=O)c2ccccc21. The second-order valence-corrected chi connectivity index (χ2v) is 7.64. The van der Waals surface area contributed by atoms with Gasteiger partial charge in [-0.05, 0) is 18.2 Å². The zero-order chi connectivity index (χ0) is 20.8. The van der Waals surface area contributed by atoms with E-state index < -0.39 is 0 Å². The van der Waals surface area contributed by atoms with E-state index in [4.69, 9.17) is 4.74 Å². The Morgan fingerprint density at radius 2 is 1.83 bits per heavy atom. The Morgan fingerprint density at radius 1 is 1.10 bits per heavy atom. The van der Waals surface area contributed by atoms with Crippen molar-refractivity contribution in [2.24, 2.45) is 0 Å². The number of ether oxygens (including phenoxy) is 1. The minimum absolute atomic E-state index is 0.220. The average Bonchev–Trinajstić information content (AvgIpc) is 3.40. The van der Waals surface area contributed by atoms with E-state index in [1.54, 1.807) is 18.1 Å². The molecule has 0 radical (unpaired) electrons. The van der Waals surface area contributed by atoms with Crippen LogP contribution in [-0.2, 0) is 4.79 Å². The molecule has 0 saturated carbocycles. The van der Waals surface area contributed by atoms with Gasteiger partial charge in [0.15, 0.2) is 5.82 Å². The number of rotatable bonds is 4. The summed E-state index contributed by atoms with van der Waals surface area (Å²) in [5.41, 5.74) is 2.22. The van der Waals surface area contributed by atoms with Crippen LogP contribution in [0.15, 0.2) is 66.0 Å². The molecule has 0 aliphatic carbocycles. The van der Waals surface area contributed by atoms with Crippen LogP contribution in [0.25, 0.3) is 21.9 Å². The normalized spacial score (nSPS) is 15.0. The maximum atomic E-state index is 13.2. The van der Waals surface area contributed by atoms with E-state index >= 15 is 0 Å². The minimum atomic E-state index is -0.359. The van der Waals surface area contributed by atoms with Gasteiger partial charge in [0.1, 0.15) is 10.3 Å². The summed E-state index contributed by atoms with van der Waals surface area (Å²) in [7, 11) is 1.57. The fourth-order valence-electron chi connectivity index (χ4n) is 3.64. The third-order valence-corrected chi connectivity index (χ3v) is 6.00. The first-order chi connectivity index (χ1) is 14.6. The minimum Gasteiger partial charge on any atom is -0.496 e. The summed E-state index contributed by atoms with van der Waals surface area (Å²) in [5.74, 6) is 0.805. The Balaban J connectivity index is 1.73. The van der Waals surface area contributed by atoms with Crippen molar-refractivity contribution in [3.8, 4) is 17.1 Å². The molecule has 2 aromatic heterocycles. The zero-order valence-corrected chi connectivity index (χ0v) is 16.8. The Labute approximate surface area is 175 Å². The summed E-state index contributed by atoms with van der Waals surface area (Å²) in [4.78, 5) is 32.8. The van der Waals surface area contributed by atoms with Crippen LogP contribution in [-0.4, -0.2) is 34.2 Å². The summed E-state index contributed by atoms with van der Waals surface area (Å²) in [6, 6.07) is 14.8. The maximum Gasteiger partial charge on any atom is 0.291 e. The van der Waals surface area contributed by atoms with Gasteiger partial charge >= 0.3 is 0 Å². The van der Waals surface area contributed by atoms with Crippen molar-refractivity contribution in [2.75, 3.05) is 18.6 Å². The topological polar surface area (TPSA) is 76.8 Å². The lowest BCUT2D eigenvalue weighted by atomic mass is 10.1. The van der Waals surface area contributed by atoms with Crippen molar-refractivity contribution in [1.82, 2.24) is 14.6 Å². The van der Waals surface area contributed by atoms with Crippen LogP contribution >= 0.6 is 11.3 Å². The van der Waals surface area contributed by atoms with Gasteiger partial charge in [0.05, 0.1) is 23.9 Å². The van der Waals surface area contributed by atoms with Crippen molar-refractivity contribution in [3.63, 3.8) is 0 Å². The predicted octanol–water partition coefficient (Wildman–Crippen LogP) is 2.28. The van der Waals surface area contributed by atoms with Crippen LogP contribution in [0.2, 0.25) is 0 Å². The molecular formula is C22H16N4O3S. The van der Waals surface area contributed by atoms with E-state index in [0.29, 0.717) is 38.7 Å². The van der Waals surface area contributed by atoms with Gasteiger partial charge in [0.25, 0.3) is 11.5 Å². The van der Waals surface area contributed by atoms with Gasteiger partial charge in [-0.25, -0.2) is 0 Å². The summed E-state index contributed by atoms with van der Waals surface area (Å²) < 4.78 is 6.95. The molecule has 5 rings (SSSR count). The molecular weight excluding hydrogens is 400 g/mol. The average molecular weight is 416 g/mol. The Kier molecular flexibility index (Phi) is 4.22. The van der Waals surface area contributed by atoms with Gasteiger partial charge in [-0.15, -0.1) is 11.7 Å². The van der Waals surface area contributed by atoms with Gasteiger partial charge in [-0.1, -0.05) is 47.7 Å². The van der Waals surface area contributed by atoms with Crippen LogP contribution in [0.5, 0.6) is 5.75 Å². The van der Waals surface area contributed by atoms with Crippen LogP contribution in [0, 0.1) is 0 Å². The predicted molar refractivity (Wildman–Crippen MR) is 116 cm³/mol. The van der Waals surface area contributed by atoms with Crippen molar-refractivity contribution in [1.29, 1.82) is 0 Å². The number of benzene rings is 2. The number of anilines is 1. The number of thiazole rings is 1. The van der Waals surface area contributed by atoms with Crippen LogP contribution in [0.3, 0.4) is 0 Å². The molecule has 4 aromatic rings. The van der Waals surface area contributed by atoms with E-state index in [0.717, 1.165) is 22.6 Å². The van der Waals surface area contributed by atoms with Gasteiger partial charge in [0, 0.05) is 12.1 Å². The molecule has 8 heteroatoms. The van der Waals surface area contributed by atoms with E-state index in [1.165, 1.54) is 4.52 Å². The van der Waals surface area contributed by atoms with Gasteiger partial charge in [0.2, 0.25) is 4.96 Å². The first-order valence-electron chi connectivity index (χ1n) is 9.23. The molecule has 2 aromatic carbocycles. The molecule has 0 unspecified atom stereocenters. The number of nitrogens with zero attached hydrogens (tertiary/aromatic N) is 4. The quantitative estimate of drug-likeness (QED) is 0.477. The molecule has 0 bridgehead atoms. The number of carbonyl (C=O) groups excluding carboxylic acids is 1. The molecule has 1 amide bonds. The Bertz CT molecular complexity index is 1440. The highest BCUT2D eigenvalue weighted by molar-refractivity contribution is 7.15. The number of methoxy groups -OCH3 is 1. The molecule has 0 atom stereocenters. The number of carbonyl (C=O) groups is 1. The molecule has 30 heavy (non-hydrogen) atoms. The van der Waals surface area contributed by atoms with Crippen molar-refractivity contribution in [2.45, 2.75) is 0 Å². The summed E-state index contributed by atoms with van der Waals surface area (Å²) in [6.45, 7) is 4.10. The van der Waals surface area contributed by atoms with Crippen molar-refractivity contribution in [3.05, 3.63) is 81.6 Å². The largest absolute Gasteiger partial charge is 0.496 e. The zero-order valence-electron chi connectivity index (χ0n) is 16.0. The number of para-hydroxylation sites is 2. The molecule has 1 aliphatic heterocycles. The third kappa shape index (κ3) is 2.57. The van der Waals surface area contributed by atoms with Gasteiger partial charge in [-0.2, -0.15) is 9.50 Å². The molecule has 3 heterocycles. The fourth-order valence-corrected chi connectivity index (χ4v) is 4.64. The smallest absolute Gasteiger partial charge is 0.291 e. The van der Waals surface area contributed by atoms with Crippen LogP contribution in [0.4, 0.5) is 5.69 Å². The highest BCUT2D eigenvalue weighted by Gasteiger charge is 2.33.